The van der Waals surface area contributed by atoms with Crippen molar-refractivity contribution in [2.75, 3.05) is 31.3 Å². The maximum absolute atomic E-state index is 12.2. The first-order chi connectivity index (χ1) is 9.43. The van der Waals surface area contributed by atoms with Crippen molar-refractivity contribution >= 4 is 27.9 Å². The van der Waals surface area contributed by atoms with Gasteiger partial charge in [-0.25, -0.2) is 0 Å². The van der Waals surface area contributed by atoms with Gasteiger partial charge in [0, 0.05) is 19.6 Å². The molecule has 1 fully saturated rings. The Balaban J connectivity index is 2.25. The van der Waals surface area contributed by atoms with Crippen LogP contribution in [0.3, 0.4) is 0 Å². The molecule has 1 amide bonds. The summed E-state index contributed by atoms with van der Waals surface area (Å²) in [6.07, 6.45) is 2.13. The van der Waals surface area contributed by atoms with Crippen molar-refractivity contribution in [1.82, 2.24) is 5.32 Å². The first-order valence-corrected chi connectivity index (χ1v) is 7.74. The second-order valence-electron chi connectivity index (χ2n) is 5.71. The van der Waals surface area contributed by atoms with Crippen LogP contribution in [-0.4, -0.2) is 32.7 Å². The van der Waals surface area contributed by atoms with E-state index in [0.717, 1.165) is 24.4 Å². The highest BCUT2D eigenvalue weighted by atomic mass is 32.1. The van der Waals surface area contributed by atoms with Crippen LogP contribution in [0.2, 0.25) is 0 Å². The Labute approximate surface area is 124 Å². The van der Waals surface area contributed by atoms with E-state index in [9.17, 15) is 4.79 Å². The molecule has 6 heteroatoms. The van der Waals surface area contributed by atoms with Crippen molar-refractivity contribution in [3.8, 4) is 5.75 Å². The van der Waals surface area contributed by atoms with Gasteiger partial charge in [0.1, 0.15) is 15.6 Å². The Morgan fingerprint density at radius 2 is 2.20 bits per heavy atom. The van der Waals surface area contributed by atoms with Crippen molar-refractivity contribution in [3.63, 3.8) is 0 Å². The van der Waals surface area contributed by atoms with Crippen molar-refractivity contribution < 1.29 is 9.53 Å². The van der Waals surface area contributed by atoms with Gasteiger partial charge < -0.3 is 20.7 Å². The van der Waals surface area contributed by atoms with E-state index >= 15 is 0 Å². The number of amides is 1. The Morgan fingerprint density at radius 1 is 1.55 bits per heavy atom. The maximum atomic E-state index is 12.2. The molecule has 0 radical (unpaired) electrons. The fourth-order valence-corrected chi connectivity index (χ4v) is 3.21. The van der Waals surface area contributed by atoms with E-state index in [1.165, 1.54) is 11.3 Å². The highest BCUT2D eigenvalue weighted by Crippen LogP contribution is 2.44. The minimum Gasteiger partial charge on any atom is -0.492 e. The number of nitrogens with one attached hydrogen (secondary N) is 1. The van der Waals surface area contributed by atoms with E-state index in [0.29, 0.717) is 28.3 Å². The van der Waals surface area contributed by atoms with E-state index in [4.69, 9.17) is 10.5 Å². The van der Waals surface area contributed by atoms with Crippen LogP contribution < -0.4 is 20.7 Å². The summed E-state index contributed by atoms with van der Waals surface area (Å²) in [5.74, 6) is 1.05. The van der Waals surface area contributed by atoms with Gasteiger partial charge in [0.05, 0.1) is 7.11 Å². The first-order valence-electron chi connectivity index (χ1n) is 6.92. The lowest BCUT2D eigenvalue weighted by Crippen LogP contribution is -2.25. The highest BCUT2D eigenvalue weighted by molar-refractivity contribution is 7.19. The third-order valence-electron chi connectivity index (χ3n) is 3.19. The number of hydrogen-bond acceptors (Lipinski definition) is 5. The van der Waals surface area contributed by atoms with Crippen LogP contribution in [0, 0.1) is 5.92 Å². The normalized spacial score (nSPS) is 14.4. The molecule has 0 aliphatic heterocycles. The molecule has 1 aromatic rings. The zero-order chi connectivity index (χ0) is 14.9. The molecular weight excluding hydrogens is 274 g/mol. The van der Waals surface area contributed by atoms with Gasteiger partial charge in [-0.3, -0.25) is 4.79 Å². The Bertz CT molecular complexity index is 495. The summed E-state index contributed by atoms with van der Waals surface area (Å²) < 4.78 is 5.39. The molecule has 0 unspecified atom stereocenters. The molecule has 5 nitrogen and oxygen atoms in total. The molecule has 0 atom stereocenters. The fourth-order valence-electron chi connectivity index (χ4n) is 2.14. The maximum Gasteiger partial charge on any atom is 0.263 e. The lowest BCUT2D eigenvalue weighted by atomic mass is 10.2. The Kier molecular flexibility index (Phi) is 4.42. The van der Waals surface area contributed by atoms with Gasteiger partial charge >= 0.3 is 0 Å². The molecule has 3 N–H and O–H groups in total. The second kappa shape index (κ2) is 5.91. The molecule has 20 heavy (non-hydrogen) atoms. The molecule has 112 valence electrons. The zero-order valence-electron chi connectivity index (χ0n) is 12.5. The predicted molar refractivity (Wildman–Crippen MR) is 83.9 cm³/mol. The molecule has 1 aliphatic carbocycles. The van der Waals surface area contributed by atoms with Crippen LogP contribution >= 0.6 is 11.3 Å². The van der Waals surface area contributed by atoms with Crippen LogP contribution in [0.1, 0.15) is 36.4 Å². The van der Waals surface area contributed by atoms with E-state index in [1.807, 2.05) is 7.05 Å². The van der Waals surface area contributed by atoms with Gasteiger partial charge in [-0.1, -0.05) is 13.8 Å². The number of carbonyl (C=O) groups excluding carboxylic acids is 1. The molecular formula is C14H23N3O2S. The summed E-state index contributed by atoms with van der Waals surface area (Å²) in [5, 5.41) is 3.89. The molecule has 1 aliphatic rings. The molecule has 1 saturated carbocycles. The number of nitrogen functional groups attached to an aromatic ring is 1. The predicted octanol–water partition coefficient (Wildman–Crippen LogP) is 2.32. The average molecular weight is 297 g/mol. The molecule has 2 rings (SSSR count). The lowest BCUT2D eigenvalue weighted by Gasteiger charge is -2.20. The molecule has 0 saturated heterocycles. The number of thiophene rings is 1. The SMILES string of the molecule is COc1c(N(C)CC(C)C)sc(C(=O)NC2CC2)c1N. The minimum absolute atomic E-state index is 0.0857. The summed E-state index contributed by atoms with van der Waals surface area (Å²) in [4.78, 5) is 14.8. The largest absolute Gasteiger partial charge is 0.492 e. The number of nitrogens with zero attached hydrogens (tertiary/aromatic N) is 1. The number of methoxy groups -OCH3 is 1. The third kappa shape index (κ3) is 3.17. The van der Waals surface area contributed by atoms with Crippen molar-refractivity contribution in [1.29, 1.82) is 0 Å². The van der Waals surface area contributed by atoms with Gasteiger partial charge in [-0.15, -0.1) is 11.3 Å². The van der Waals surface area contributed by atoms with E-state index in [-0.39, 0.29) is 5.91 Å². The van der Waals surface area contributed by atoms with Crippen LogP contribution in [0.15, 0.2) is 0 Å². The van der Waals surface area contributed by atoms with E-state index in [2.05, 4.69) is 24.1 Å². The number of rotatable bonds is 6. The quantitative estimate of drug-likeness (QED) is 0.845. The standard InChI is InChI=1S/C14H23N3O2S/c1-8(2)7-17(3)14-11(19-4)10(15)12(20-14)13(18)16-9-5-6-9/h8-9H,5-7,15H2,1-4H3,(H,16,18). The van der Waals surface area contributed by atoms with Gasteiger partial charge in [0.15, 0.2) is 5.75 Å². The van der Waals surface area contributed by atoms with E-state index in [1.54, 1.807) is 7.11 Å². The number of carbonyl (C=O) groups is 1. The number of anilines is 2. The Morgan fingerprint density at radius 3 is 2.70 bits per heavy atom. The first kappa shape index (κ1) is 15.0. The fraction of sp³-hybridized carbons (Fsp3) is 0.643. The van der Waals surface area contributed by atoms with Crippen LogP contribution in [0.5, 0.6) is 5.75 Å². The van der Waals surface area contributed by atoms with Gasteiger partial charge in [-0.05, 0) is 18.8 Å². The smallest absolute Gasteiger partial charge is 0.263 e. The Hall–Kier alpha value is -1.43. The summed E-state index contributed by atoms with van der Waals surface area (Å²) >= 11 is 1.40. The molecule has 1 aromatic heterocycles. The highest BCUT2D eigenvalue weighted by Gasteiger charge is 2.28. The van der Waals surface area contributed by atoms with Crippen molar-refractivity contribution in [2.24, 2.45) is 5.92 Å². The number of hydrogen-bond donors (Lipinski definition) is 2. The van der Waals surface area contributed by atoms with Gasteiger partial charge in [-0.2, -0.15) is 0 Å². The lowest BCUT2D eigenvalue weighted by molar-refractivity contribution is 0.0956. The summed E-state index contributed by atoms with van der Waals surface area (Å²) in [6.45, 7) is 5.20. The number of ether oxygens (including phenoxy) is 1. The van der Waals surface area contributed by atoms with Crippen LogP contribution in [0.25, 0.3) is 0 Å². The zero-order valence-corrected chi connectivity index (χ0v) is 13.3. The molecule has 1 heterocycles. The molecule has 0 spiro atoms. The summed E-state index contributed by atoms with van der Waals surface area (Å²) in [7, 11) is 3.59. The minimum atomic E-state index is -0.0857. The third-order valence-corrected chi connectivity index (χ3v) is 4.49. The second-order valence-corrected chi connectivity index (χ2v) is 6.70. The number of nitrogens with two attached hydrogens (primary N) is 1. The average Bonchev–Trinajstić information content (AvgIpc) is 3.09. The summed E-state index contributed by atoms with van der Waals surface area (Å²) in [5.41, 5.74) is 6.52. The van der Waals surface area contributed by atoms with Crippen molar-refractivity contribution in [3.05, 3.63) is 4.88 Å². The van der Waals surface area contributed by atoms with Crippen LogP contribution in [-0.2, 0) is 0 Å². The monoisotopic (exact) mass is 297 g/mol. The molecule has 0 aromatic carbocycles. The van der Waals surface area contributed by atoms with E-state index < -0.39 is 0 Å². The van der Waals surface area contributed by atoms with Gasteiger partial charge in [0.2, 0.25) is 0 Å². The van der Waals surface area contributed by atoms with Crippen molar-refractivity contribution in [2.45, 2.75) is 32.7 Å². The van der Waals surface area contributed by atoms with Crippen LogP contribution in [0.4, 0.5) is 10.7 Å². The topological polar surface area (TPSA) is 67.6 Å². The van der Waals surface area contributed by atoms with Gasteiger partial charge in [0.25, 0.3) is 5.91 Å². The molecule has 0 bridgehead atoms. The summed E-state index contributed by atoms with van der Waals surface area (Å²) in [6, 6.07) is 0.326.